The maximum absolute atomic E-state index is 13.1. The third-order valence-corrected chi connectivity index (χ3v) is 3.84. The maximum atomic E-state index is 13.1. The molecule has 0 saturated carbocycles. The van der Waals surface area contributed by atoms with Gasteiger partial charge in [0, 0.05) is 9.13 Å². The van der Waals surface area contributed by atoms with Gasteiger partial charge in [0.05, 0.1) is 11.4 Å². The lowest BCUT2D eigenvalue weighted by atomic mass is 10.1. The molecule has 0 fully saturated rings. The normalized spacial score (nSPS) is 10.3. The fraction of sp³-hybridized carbons (Fsp3) is 0.0714. The van der Waals surface area contributed by atoms with Gasteiger partial charge < -0.3 is 11.1 Å². The fourth-order valence-corrected chi connectivity index (χ4v) is 2.55. The van der Waals surface area contributed by atoms with E-state index in [1.807, 2.05) is 25.1 Å². The van der Waals surface area contributed by atoms with Gasteiger partial charge in [-0.05, 0) is 59.3 Å². The lowest BCUT2D eigenvalue weighted by Crippen LogP contribution is -2.13. The molecule has 0 radical (unpaired) electrons. The lowest BCUT2D eigenvalue weighted by Gasteiger charge is -2.15. The predicted molar refractivity (Wildman–Crippen MR) is 89.5 cm³/mol. The number of para-hydroxylation sites is 1. The molecule has 0 spiro atoms. The Morgan fingerprint density at radius 2 is 2.05 bits per heavy atom. The number of nitrogens with two attached hydrogens (primary N) is 1. The summed E-state index contributed by atoms with van der Waals surface area (Å²) in [5.41, 5.74) is 9.24. The van der Waals surface area contributed by atoms with Gasteiger partial charge in [-0.15, -0.1) is 0 Å². The summed E-state index contributed by atoms with van der Waals surface area (Å²) in [6, 6.07) is 10.3. The molecule has 0 unspecified atom stereocenters. The zero-order chi connectivity index (χ0) is 14.0. The molecule has 2 aromatic carbocycles. The minimum absolute atomic E-state index is 0.255. The van der Waals surface area contributed by atoms with E-state index in [-0.39, 0.29) is 5.82 Å². The van der Waals surface area contributed by atoms with Gasteiger partial charge >= 0.3 is 0 Å². The van der Waals surface area contributed by atoms with Crippen LogP contribution >= 0.6 is 34.8 Å². The monoisotopic (exact) mass is 386 g/mol. The lowest BCUT2D eigenvalue weighted by molar-refractivity contribution is 0.627. The van der Waals surface area contributed by atoms with Gasteiger partial charge in [0.1, 0.15) is 10.8 Å². The highest BCUT2D eigenvalue weighted by atomic mass is 127. The maximum Gasteiger partial charge on any atom is 0.124 e. The van der Waals surface area contributed by atoms with Gasteiger partial charge in [0.15, 0.2) is 0 Å². The molecule has 0 aliphatic heterocycles. The first-order valence-electron chi connectivity index (χ1n) is 5.60. The van der Waals surface area contributed by atoms with Crippen LogP contribution in [0.15, 0.2) is 36.4 Å². The van der Waals surface area contributed by atoms with E-state index < -0.39 is 0 Å². The van der Waals surface area contributed by atoms with Crippen LogP contribution in [0.4, 0.5) is 15.8 Å². The highest BCUT2D eigenvalue weighted by Crippen LogP contribution is 2.28. The van der Waals surface area contributed by atoms with Crippen LogP contribution in [0.1, 0.15) is 11.1 Å². The van der Waals surface area contributed by atoms with E-state index in [2.05, 4.69) is 27.9 Å². The molecule has 0 heterocycles. The van der Waals surface area contributed by atoms with Gasteiger partial charge in [-0.1, -0.05) is 24.4 Å². The van der Waals surface area contributed by atoms with Crippen LogP contribution in [0.2, 0.25) is 0 Å². The quantitative estimate of drug-likeness (QED) is 0.616. The van der Waals surface area contributed by atoms with Gasteiger partial charge in [0.25, 0.3) is 0 Å². The van der Waals surface area contributed by atoms with E-state index in [0.29, 0.717) is 4.99 Å². The smallest absolute Gasteiger partial charge is 0.124 e. The van der Waals surface area contributed by atoms with Crippen LogP contribution < -0.4 is 11.1 Å². The molecule has 5 heteroatoms. The minimum Gasteiger partial charge on any atom is -0.389 e. The summed E-state index contributed by atoms with van der Waals surface area (Å²) in [6.45, 7) is 1.97. The molecule has 2 rings (SSSR count). The highest BCUT2D eigenvalue weighted by Gasteiger charge is 2.10. The van der Waals surface area contributed by atoms with Crippen LogP contribution in [0.25, 0.3) is 0 Å². The molecule has 0 bridgehead atoms. The molecule has 0 aromatic heterocycles. The van der Waals surface area contributed by atoms with Crippen LogP contribution in [0.3, 0.4) is 0 Å². The number of aryl methyl sites for hydroxylation is 1. The highest BCUT2D eigenvalue weighted by molar-refractivity contribution is 14.1. The van der Waals surface area contributed by atoms with Crippen LogP contribution in [-0.2, 0) is 0 Å². The summed E-state index contributed by atoms with van der Waals surface area (Å²) < 4.78 is 13.9. The van der Waals surface area contributed by atoms with Crippen molar-refractivity contribution in [3.8, 4) is 0 Å². The van der Waals surface area contributed by atoms with Crippen molar-refractivity contribution in [3.05, 3.63) is 56.9 Å². The molecule has 3 N–H and O–H groups in total. The number of rotatable bonds is 3. The first kappa shape index (κ1) is 14.2. The molecule has 2 nitrogen and oxygen atoms in total. The fourth-order valence-electron chi connectivity index (χ4n) is 1.76. The Bertz CT molecular complexity index is 643. The van der Waals surface area contributed by atoms with Gasteiger partial charge in [0.2, 0.25) is 0 Å². The number of benzene rings is 2. The van der Waals surface area contributed by atoms with E-state index in [4.69, 9.17) is 18.0 Å². The Morgan fingerprint density at radius 3 is 2.68 bits per heavy atom. The van der Waals surface area contributed by atoms with E-state index in [1.54, 1.807) is 6.07 Å². The van der Waals surface area contributed by atoms with Crippen LogP contribution in [-0.4, -0.2) is 4.99 Å². The van der Waals surface area contributed by atoms with Crippen molar-refractivity contribution in [1.82, 2.24) is 0 Å². The van der Waals surface area contributed by atoms with Crippen LogP contribution in [0, 0.1) is 16.3 Å². The van der Waals surface area contributed by atoms with Gasteiger partial charge in [-0.25, -0.2) is 4.39 Å². The third-order valence-electron chi connectivity index (χ3n) is 2.73. The van der Waals surface area contributed by atoms with Crippen molar-refractivity contribution in [1.29, 1.82) is 0 Å². The molecule has 0 amide bonds. The molecule has 0 saturated heterocycles. The number of thiocarbonyl (C=S) groups is 1. The first-order valence-corrected chi connectivity index (χ1v) is 7.09. The topological polar surface area (TPSA) is 38.0 Å². The van der Waals surface area contributed by atoms with Crippen molar-refractivity contribution >= 4 is 51.2 Å². The van der Waals surface area contributed by atoms with Gasteiger partial charge in [-0.3, -0.25) is 0 Å². The molecule has 0 atom stereocenters. The van der Waals surface area contributed by atoms with E-state index in [9.17, 15) is 4.39 Å². The summed E-state index contributed by atoms with van der Waals surface area (Å²) in [5, 5.41) is 3.28. The van der Waals surface area contributed by atoms with E-state index in [1.165, 1.54) is 12.1 Å². The number of hydrogen-bond acceptors (Lipinski definition) is 2. The third kappa shape index (κ3) is 3.22. The Hall–Kier alpha value is -1.21. The predicted octanol–water partition coefficient (Wildman–Crippen LogP) is 4.12. The van der Waals surface area contributed by atoms with E-state index in [0.717, 1.165) is 26.1 Å². The van der Waals surface area contributed by atoms with E-state index >= 15 is 0 Å². The Morgan fingerprint density at radius 1 is 1.32 bits per heavy atom. The number of nitrogens with one attached hydrogen (secondary N) is 1. The van der Waals surface area contributed by atoms with Crippen molar-refractivity contribution in [2.75, 3.05) is 5.32 Å². The molecule has 19 heavy (non-hydrogen) atoms. The SMILES string of the molecule is Cc1cccc(C(N)=S)c1Nc1ccc(F)cc1I. The standard InChI is InChI=1S/C14H12FIN2S/c1-8-3-2-4-10(14(17)19)13(8)18-12-6-5-9(15)7-11(12)16/h2-7,18H,1H3,(H2,17,19). The average molecular weight is 386 g/mol. The van der Waals surface area contributed by atoms with Crippen LogP contribution in [0.5, 0.6) is 0 Å². The zero-order valence-corrected chi connectivity index (χ0v) is 13.2. The van der Waals surface area contributed by atoms with Crippen molar-refractivity contribution in [2.24, 2.45) is 5.73 Å². The Kier molecular flexibility index (Phi) is 4.36. The zero-order valence-electron chi connectivity index (χ0n) is 10.2. The molecular weight excluding hydrogens is 374 g/mol. The molecule has 98 valence electrons. The summed E-state index contributed by atoms with van der Waals surface area (Å²) in [6.07, 6.45) is 0. The minimum atomic E-state index is -0.255. The van der Waals surface area contributed by atoms with Crippen molar-refractivity contribution in [2.45, 2.75) is 6.92 Å². The molecular formula is C14H12FIN2S. The summed E-state index contributed by atoms with van der Waals surface area (Å²) >= 11 is 7.14. The number of anilines is 2. The summed E-state index contributed by atoms with van der Waals surface area (Å²) in [7, 11) is 0. The summed E-state index contributed by atoms with van der Waals surface area (Å²) in [5.74, 6) is -0.255. The average Bonchev–Trinajstić information content (AvgIpc) is 2.34. The molecule has 2 aromatic rings. The van der Waals surface area contributed by atoms with Crippen molar-refractivity contribution < 1.29 is 4.39 Å². The van der Waals surface area contributed by atoms with Gasteiger partial charge in [-0.2, -0.15) is 0 Å². The van der Waals surface area contributed by atoms with Crippen molar-refractivity contribution in [3.63, 3.8) is 0 Å². The number of hydrogen-bond donors (Lipinski definition) is 2. The Balaban J connectivity index is 2.46. The molecule has 0 aliphatic carbocycles. The number of halogens is 2. The Labute approximate surface area is 130 Å². The summed E-state index contributed by atoms with van der Waals surface area (Å²) in [4.78, 5) is 0.336. The second kappa shape index (κ2) is 5.83. The molecule has 0 aliphatic rings. The first-order chi connectivity index (χ1) is 8.99. The second-order valence-corrected chi connectivity index (χ2v) is 5.71. The largest absolute Gasteiger partial charge is 0.389 e. The second-order valence-electron chi connectivity index (χ2n) is 4.11.